The van der Waals surface area contributed by atoms with Gasteiger partial charge in [0.25, 0.3) is 0 Å². The van der Waals surface area contributed by atoms with Crippen LogP contribution < -0.4 is 5.32 Å². The van der Waals surface area contributed by atoms with Crippen LogP contribution in [0.1, 0.15) is 12.8 Å². The van der Waals surface area contributed by atoms with Gasteiger partial charge in [0.05, 0.1) is 6.10 Å². The maximum Gasteiger partial charge on any atom is 0.135 e. The molecule has 0 amide bonds. The Labute approximate surface area is 42.9 Å². The van der Waals surface area contributed by atoms with E-state index in [0.717, 1.165) is 6.54 Å². The van der Waals surface area contributed by atoms with E-state index in [2.05, 4.69) is 5.32 Å². The third-order valence-corrected chi connectivity index (χ3v) is 1.59. The van der Waals surface area contributed by atoms with Gasteiger partial charge in [0.15, 0.2) is 0 Å². The van der Waals surface area contributed by atoms with E-state index in [0.29, 0.717) is 12.3 Å². The van der Waals surface area contributed by atoms with Crippen LogP contribution in [-0.4, -0.2) is 18.9 Å². The molecule has 2 rings (SSSR count). The molecule has 2 fully saturated rings. The predicted octanol–water partition coefficient (Wildman–Crippen LogP) is 0.0947. The van der Waals surface area contributed by atoms with Crippen molar-refractivity contribution in [2.24, 2.45) is 0 Å². The molecule has 2 heterocycles. The summed E-state index contributed by atoms with van der Waals surface area (Å²) in [5.74, 6) is 0. The van der Waals surface area contributed by atoms with Gasteiger partial charge in [-0.15, -0.1) is 0 Å². The average molecular weight is 99.1 g/mol. The van der Waals surface area contributed by atoms with Gasteiger partial charge < -0.3 is 4.74 Å². The lowest BCUT2D eigenvalue weighted by molar-refractivity contribution is 0.360. The lowest BCUT2D eigenvalue weighted by atomic mass is 10.2. The molecule has 0 saturated carbocycles. The van der Waals surface area contributed by atoms with Crippen molar-refractivity contribution in [2.45, 2.75) is 25.2 Å². The largest absolute Gasteiger partial charge is 0.353 e. The topological polar surface area (TPSA) is 24.6 Å². The Morgan fingerprint density at radius 3 is 3.14 bits per heavy atom. The molecular weight excluding hydrogens is 90.1 g/mol. The summed E-state index contributed by atoms with van der Waals surface area (Å²) in [5.41, 5.74) is 0. The van der Waals surface area contributed by atoms with E-state index in [1.807, 2.05) is 0 Å². The molecule has 2 saturated heterocycles. The minimum atomic E-state index is 0.453. The first kappa shape index (κ1) is 3.87. The molecular formula is C5H9NO. The van der Waals surface area contributed by atoms with Crippen molar-refractivity contribution in [1.29, 1.82) is 0 Å². The summed E-state index contributed by atoms with van der Waals surface area (Å²) in [7, 11) is 0. The van der Waals surface area contributed by atoms with Gasteiger partial charge in [-0.2, -0.15) is 0 Å². The standard InChI is InChI=1S/C5H9NO/c1-2-4-5(7-4)6-3-1/h4-6H,1-3H2. The zero-order valence-corrected chi connectivity index (χ0v) is 4.18. The van der Waals surface area contributed by atoms with Crippen molar-refractivity contribution in [3.63, 3.8) is 0 Å². The second kappa shape index (κ2) is 1.20. The number of nitrogens with one attached hydrogen (secondary N) is 1. The molecule has 7 heavy (non-hydrogen) atoms. The van der Waals surface area contributed by atoms with E-state index < -0.39 is 0 Å². The van der Waals surface area contributed by atoms with Crippen LogP contribution in [0.5, 0.6) is 0 Å². The van der Waals surface area contributed by atoms with Gasteiger partial charge in [0.2, 0.25) is 0 Å². The fraction of sp³-hybridized carbons (Fsp3) is 1.00. The first-order chi connectivity index (χ1) is 3.47. The monoisotopic (exact) mass is 99.1 g/mol. The fourth-order valence-corrected chi connectivity index (χ4v) is 1.09. The van der Waals surface area contributed by atoms with E-state index >= 15 is 0 Å². The third kappa shape index (κ3) is 0.545. The minimum absolute atomic E-state index is 0.453. The average Bonchev–Trinajstić information content (AvgIpc) is 2.41. The van der Waals surface area contributed by atoms with Crippen molar-refractivity contribution >= 4 is 0 Å². The first-order valence-corrected chi connectivity index (χ1v) is 2.86. The Balaban J connectivity index is 1.95. The van der Waals surface area contributed by atoms with Crippen molar-refractivity contribution in [3.05, 3.63) is 0 Å². The summed E-state index contributed by atoms with van der Waals surface area (Å²) in [6.07, 6.45) is 3.61. The third-order valence-electron chi connectivity index (χ3n) is 1.59. The van der Waals surface area contributed by atoms with E-state index in [1.54, 1.807) is 0 Å². The van der Waals surface area contributed by atoms with E-state index in [9.17, 15) is 0 Å². The highest BCUT2D eigenvalue weighted by molar-refractivity contribution is 4.86. The summed E-state index contributed by atoms with van der Waals surface area (Å²) in [5, 5.41) is 3.23. The van der Waals surface area contributed by atoms with Crippen molar-refractivity contribution in [3.8, 4) is 0 Å². The lowest BCUT2D eigenvalue weighted by Gasteiger charge is -2.03. The molecule has 1 N–H and O–H groups in total. The van der Waals surface area contributed by atoms with Crippen LogP contribution in [-0.2, 0) is 4.74 Å². The van der Waals surface area contributed by atoms with Crippen LogP contribution in [0.2, 0.25) is 0 Å². The Morgan fingerprint density at radius 2 is 2.57 bits per heavy atom. The molecule has 0 bridgehead atoms. The molecule has 2 nitrogen and oxygen atoms in total. The van der Waals surface area contributed by atoms with E-state index in [1.165, 1.54) is 12.8 Å². The van der Waals surface area contributed by atoms with Crippen LogP contribution in [0.3, 0.4) is 0 Å². The summed E-state index contributed by atoms with van der Waals surface area (Å²) in [4.78, 5) is 0. The number of hydrogen-bond acceptors (Lipinski definition) is 2. The molecule has 0 aliphatic carbocycles. The summed E-state index contributed by atoms with van der Waals surface area (Å²) in [6, 6.07) is 0. The van der Waals surface area contributed by atoms with Crippen molar-refractivity contribution in [2.75, 3.05) is 6.54 Å². The second-order valence-corrected chi connectivity index (χ2v) is 2.19. The molecule has 0 radical (unpaired) electrons. The quantitative estimate of drug-likeness (QED) is 0.435. The number of hydrogen-bond donors (Lipinski definition) is 1. The Kier molecular flexibility index (Phi) is 0.664. The molecule has 2 aliphatic rings. The molecule has 40 valence electrons. The highest BCUT2D eigenvalue weighted by Gasteiger charge is 2.39. The maximum absolute atomic E-state index is 5.17. The van der Waals surface area contributed by atoms with Crippen LogP contribution in [0.15, 0.2) is 0 Å². The Bertz CT molecular complexity index is 74.1. The van der Waals surface area contributed by atoms with Gasteiger partial charge in [-0.05, 0) is 19.4 Å². The maximum atomic E-state index is 5.17. The number of epoxide rings is 1. The molecule has 2 aliphatic heterocycles. The van der Waals surface area contributed by atoms with Gasteiger partial charge in [-0.1, -0.05) is 0 Å². The summed E-state index contributed by atoms with van der Waals surface area (Å²) in [6.45, 7) is 1.15. The molecule has 2 atom stereocenters. The van der Waals surface area contributed by atoms with Gasteiger partial charge in [0.1, 0.15) is 6.23 Å². The van der Waals surface area contributed by atoms with Crippen LogP contribution in [0.25, 0.3) is 0 Å². The zero-order chi connectivity index (χ0) is 4.69. The number of fused-ring (bicyclic) bond motifs is 1. The summed E-state index contributed by atoms with van der Waals surface area (Å²) >= 11 is 0. The fourth-order valence-electron chi connectivity index (χ4n) is 1.09. The highest BCUT2D eigenvalue weighted by Crippen LogP contribution is 2.26. The smallest absolute Gasteiger partial charge is 0.135 e. The number of piperidine rings is 1. The summed E-state index contributed by atoms with van der Waals surface area (Å²) < 4.78 is 5.17. The number of ether oxygens (including phenoxy) is 1. The van der Waals surface area contributed by atoms with Crippen LogP contribution >= 0.6 is 0 Å². The van der Waals surface area contributed by atoms with Crippen molar-refractivity contribution in [1.82, 2.24) is 5.32 Å². The van der Waals surface area contributed by atoms with Gasteiger partial charge >= 0.3 is 0 Å². The van der Waals surface area contributed by atoms with Gasteiger partial charge in [-0.3, -0.25) is 5.32 Å². The van der Waals surface area contributed by atoms with Crippen molar-refractivity contribution < 1.29 is 4.74 Å². The normalized spacial score (nSPS) is 48.0. The Hall–Kier alpha value is -0.0800. The van der Waals surface area contributed by atoms with E-state index in [-0.39, 0.29) is 0 Å². The molecule has 0 aromatic carbocycles. The van der Waals surface area contributed by atoms with Gasteiger partial charge in [0, 0.05) is 0 Å². The molecule has 2 heteroatoms. The lowest BCUT2D eigenvalue weighted by Crippen LogP contribution is -2.25. The Morgan fingerprint density at radius 1 is 1.57 bits per heavy atom. The molecule has 0 spiro atoms. The molecule has 0 aromatic rings. The van der Waals surface area contributed by atoms with Crippen LogP contribution in [0, 0.1) is 0 Å². The number of rotatable bonds is 0. The van der Waals surface area contributed by atoms with E-state index in [4.69, 9.17) is 4.74 Å². The predicted molar refractivity (Wildman–Crippen MR) is 25.9 cm³/mol. The minimum Gasteiger partial charge on any atom is -0.353 e. The zero-order valence-electron chi connectivity index (χ0n) is 4.18. The van der Waals surface area contributed by atoms with Crippen LogP contribution in [0.4, 0.5) is 0 Å². The first-order valence-electron chi connectivity index (χ1n) is 2.86. The van der Waals surface area contributed by atoms with Gasteiger partial charge in [-0.25, -0.2) is 0 Å². The highest BCUT2D eigenvalue weighted by atomic mass is 16.6. The second-order valence-electron chi connectivity index (χ2n) is 2.19. The molecule has 2 unspecified atom stereocenters. The SMILES string of the molecule is C1CNC2OC2C1. The molecule has 0 aromatic heterocycles.